The summed E-state index contributed by atoms with van der Waals surface area (Å²) in [5, 5.41) is 5.12. The van der Waals surface area contributed by atoms with Gasteiger partial charge in [0, 0.05) is 18.8 Å². The maximum atomic E-state index is 13.0. The molecule has 2 saturated heterocycles. The molecule has 0 spiro atoms. The maximum absolute atomic E-state index is 13.0. The monoisotopic (exact) mass is 496 g/mol. The summed E-state index contributed by atoms with van der Waals surface area (Å²) in [4.78, 5) is 41.8. The lowest BCUT2D eigenvalue weighted by Gasteiger charge is -2.36. The van der Waals surface area contributed by atoms with Gasteiger partial charge in [-0.05, 0) is 42.5 Å². The molecule has 9 nitrogen and oxygen atoms in total. The van der Waals surface area contributed by atoms with Gasteiger partial charge in [-0.25, -0.2) is 18.5 Å². The zero-order valence-corrected chi connectivity index (χ0v) is 18.3. The summed E-state index contributed by atoms with van der Waals surface area (Å²) in [6.07, 6.45) is -4.69. The van der Waals surface area contributed by atoms with E-state index in [9.17, 15) is 36.0 Å². The Hall–Kier alpha value is -3.29. The number of amides is 3. The Balaban J connectivity index is 1.48. The number of carbonyl (C=O) groups is 3. The van der Waals surface area contributed by atoms with Crippen LogP contribution in [0.2, 0.25) is 0 Å². The van der Waals surface area contributed by atoms with Crippen molar-refractivity contribution >= 4 is 39.1 Å². The maximum Gasteiger partial charge on any atom is 0.416 e. The van der Waals surface area contributed by atoms with Crippen molar-refractivity contribution in [2.45, 2.75) is 23.5 Å². The van der Waals surface area contributed by atoms with E-state index in [1.807, 2.05) is 0 Å². The fraction of sp³-hybridized carbons (Fsp3) is 0.286. The van der Waals surface area contributed by atoms with Crippen LogP contribution in [0.15, 0.2) is 53.4 Å². The number of benzene rings is 2. The first-order valence-corrected chi connectivity index (χ1v) is 11.6. The van der Waals surface area contributed by atoms with E-state index in [2.05, 4.69) is 0 Å². The van der Waals surface area contributed by atoms with E-state index in [-0.39, 0.29) is 36.6 Å². The van der Waals surface area contributed by atoms with Gasteiger partial charge in [0.15, 0.2) is 0 Å². The number of imide groups is 1. The first-order valence-electron chi connectivity index (χ1n) is 10.1. The third-order valence-electron chi connectivity index (χ3n) is 5.72. The van der Waals surface area contributed by atoms with Gasteiger partial charge in [-0.2, -0.15) is 13.2 Å². The lowest BCUT2D eigenvalue weighted by atomic mass is 10.1. The molecule has 2 aromatic rings. The van der Waals surface area contributed by atoms with E-state index in [4.69, 9.17) is 5.14 Å². The highest BCUT2D eigenvalue weighted by molar-refractivity contribution is 7.89. The molecule has 2 fully saturated rings. The summed E-state index contributed by atoms with van der Waals surface area (Å²) in [5.41, 5.74) is -0.476. The molecule has 3 amide bonds. The minimum absolute atomic E-state index is 0.0544. The highest BCUT2D eigenvalue weighted by Crippen LogP contribution is 2.32. The standard InChI is InChI=1S/C21H19F3N4O5S/c22-21(23,24)13-4-6-14(7-5-13)27-9-8-26(12-19(27)30)17-11-18(29)28(20(17)31)15-2-1-3-16(10-15)34(25,32)33/h1-7,10,17H,8-9,11-12H2,(H2,25,32,33). The average Bonchev–Trinajstić information content (AvgIpc) is 3.06. The number of halogens is 3. The molecule has 34 heavy (non-hydrogen) atoms. The number of piperazine rings is 1. The Labute approximate surface area is 192 Å². The van der Waals surface area contributed by atoms with E-state index in [0.29, 0.717) is 5.69 Å². The van der Waals surface area contributed by atoms with Crippen LogP contribution in [-0.2, 0) is 30.6 Å². The number of sulfonamides is 1. The van der Waals surface area contributed by atoms with Gasteiger partial charge in [0.05, 0.1) is 35.2 Å². The normalized spacial score (nSPS) is 20.4. The molecule has 1 atom stereocenters. The van der Waals surface area contributed by atoms with Crippen LogP contribution in [0.3, 0.4) is 0 Å². The molecular formula is C21H19F3N4O5S. The third-order valence-corrected chi connectivity index (χ3v) is 6.64. The van der Waals surface area contributed by atoms with Gasteiger partial charge in [-0.15, -0.1) is 0 Å². The number of nitrogens with zero attached hydrogens (tertiary/aromatic N) is 3. The number of anilines is 2. The van der Waals surface area contributed by atoms with Crippen LogP contribution in [0.1, 0.15) is 12.0 Å². The molecule has 2 aromatic carbocycles. The lowest BCUT2D eigenvalue weighted by Crippen LogP contribution is -2.55. The highest BCUT2D eigenvalue weighted by Gasteiger charge is 2.44. The van der Waals surface area contributed by atoms with Gasteiger partial charge in [0.25, 0.3) is 5.91 Å². The van der Waals surface area contributed by atoms with Crippen LogP contribution in [0, 0.1) is 0 Å². The molecule has 180 valence electrons. The molecule has 0 saturated carbocycles. The molecule has 4 rings (SSSR count). The van der Waals surface area contributed by atoms with Crippen molar-refractivity contribution in [3.05, 3.63) is 54.1 Å². The number of alkyl halides is 3. The second kappa shape index (κ2) is 8.49. The summed E-state index contributed by atoms with van der Waals surface area (Å²) < 4.78 is 61.6. The second-order valence-corrected chi connectivity index (χ2v) is 9.45. The first-order chi connectivity index (χ1) is 15.9. The summed E-state index contributed by atoms with van der Waals surface area (Å²) >= 11 is 0. The number of rotatable bonds is 4. The molecule has 13 heteroatoms. The van der Waals surface area contributed by atoms with Crippen molar-refractivity contribution in [1.29, 1.82) is 0 Å². The number of nitrogens with two attached hydrogens (primary N) is 1. The average molecular weight is 496 g/mol. The van der Waals surface area contributed by atoms with Crippen LogP contribution in [0.25, 0.3) is 0 Å². The zero-order valence-electron chi connectivity index (χ0n) is 17.5. The predicted molar refractivity (Wildman–Crippen MR) is 114 cm³/mol. The van der Waals surface area contributed by atoms with E-state index in [0.717, 1.165) is 23.1 Å². The van der Waals surface area contributed by atoms with Crippen molar-refractivity contribution in [3.63, 3.8) is 0 Å². The summed E-state index contributed by atoms with van der Waals surface area (Å²) in [5.74, 6) is -1.59. The summed E-state index contributed by atoms with van der Waals surface area (Å²) in [7, 11) is -4.05. The summed E-state index contributed by atoms with van der Waals surface area (Å²) in [6.45, 7) is 0.111. The molecule has 0 aliphatic carbocycles. The predicted octanol–water partition coefficient (Wildman–Crippen LogP) is 1.33. The second-order valence-electron chi connectivity index (χ2n) is 7.89. The highest BCUT2D eigenvalue weighted by atomic mass is 32.2. The smallest absolute Gasteiger partial charge is 0.310 e. The molecule has 0 bridgehead atoms. The summed E-state index contributed by atoms with van der Waals surface area (Å²) in [6, 6.07) is 8.40. The van der Waals surface area contributed by atoms with E-state index in [1.54, 1.807) is 0 Å². The SMILES string of the molecule is NS(=O)(=O)c1cccc(N2C(=O)CC(N3CCN(c4ccc(C(F)(F)F)cc4)C(=O)C3)C2=O)c1. The van der Waals surface area contributed by atoms with E-state index >= 15 is 0 Å². The Morgan fingerprint density at radius 1 is 0.912 bits per heavy atom. The fourth-order valence-electron chi connectivity index (χ4n) is 4.03. The Morgan fingerprint density at radius 3 is 2.18 bits per heavy atom. The molecule has 0 radical (unpaired) electrons. The lowest BCUT2D eigenvalue weighted by molar-refractivity contribution is -0.137. The van der Waals surface area contributed by atoms with Gasteiger partial charge in [0.1, 0.15) is 0 Å². The molecule has 2 aliphatic rings. The van der Waals surface area contributed by atoms with Crippen LogP contribution in [0.4, 0.5) is 24.5 Å². The largest absolute Gasteiger partial charge is 0.416 e. The molecule has 0 aromatic heterocycles. The Kier molecular flexibility index (Phi) is 5.96. The molecule has 1 unspecified atom stereocenters. The van der Waals surface area contributed by atoms with Gasteiger partial charge < -0.3 is 4.90 Å². The van der Waals surface area contributed by atoms with Crippen LogP contribution in [0.5, 0.6) is 0 Å². The van der Waals surface area contributed by atoms with Gasteiger partial charge in [0.2, 0.25) is 21.8 Å². The topological polar surface area (TPSA) is 121 Å². The minimum Gasteiger partial charge on any atom is -0.310 e. The van der Waals surface area contributed by atoms with Crippen LogP contribution < -0.4 is 14.9 Å². The Morgan fingerprint density at radius 2 is 1.59 bits per heavy atom. The quantitative estimate of drug-likeness (QED) is 0.638. The van der Waals surface area contributed by atoms with E-state index < -0.39 is 45.5 Å². The fourth-order valence-corrected chi connectivity index (χ4v) is 4.59. The van der Waals surface area contributed by atoms with Crippen LogP contribution >= 0.6 is 0 Å². The zero-order chi connectivity index (χ0) is 24.8. The van der Waals surface area contributed by atoms with Crippen molar-refractivity contribution in [2.24, 2.45) is 5.14 Å². The number of primary sulfonamides is 1. The van der Waals surface area contributed by atoms with Crippen molar-refractivity contribution in [2.75, 3.05) is 29.4 Å². The van der Waals surface area contributed by atoms with Gasteiger partial charge in [-0.3, -0.25) is 19.3 Å². The molecule has 2 aliphatic heterocycles. The number of hydrogen-bond acceptors (Lipinski definition) is 6. The van der Waals surface area contributed by atoms with Crippen molar-refractivity contribution < 1.29 is 36.0 Å². The molecular weight excluding hydrogens is 477 g/mol. The van der Waals surface area contributed by atoms with Gasteiger partial charge >= 0.3 is 6.18 Å². The minimum atomic E-state index is -4.49. The molecule has 2 heterocycles. The number of carbonyl (C=O) groups excluding carboxylic acids is 3. The van der Waals surface area contributed by atoms with Crippen molar-refractivity contribution in [3.8, 4) is 0 Å². The van der Waals surface area contributed by atoms with E-state index in [1.165, 1.54) is 40.1 Å². The van der Waals surface area contributed by atoms with Gasteiger partial charge in [-0.1, -0.05) is 6.07 Å². The van der Waals surface area contributed by atoms with Crippen molar-refractivity contribution in [1.82, 2.24) is 4.90 Å². The Bertz CT molecular complexity index is 1260. The number of hydrogen-bond donors (Lipinski definition) is 1. The molecule has 2 N–H and O–H groups in total. The van der Waals surface area contributed by atoms with Crippen LogP contribution in [-0.4, -0.2) is 56.7 Å². The third kappa shape index (κ3) is 4.54. The first kappa shape index (κ1) is 23.9.